The van der Waals surface area contributed by atoms with Gasteiger partial charge < -0.3 is 26.0 Å². The number of carbonyl (C=O) groups is 1. The van der Waals surface area contributed by atoms with Gasteiger partial charge in [-0.25, -0.2) is 18.0 Å². The minimum atomic E-state index is -1.19. The Hall–Kier alpha value is -3.40. The number of halogens is 3. The number of hydrogen-bond donors (Lipinski definition) is 3. The van der Waals surface area contributed by atoms with Crippen LogP contribution in [0.1, 0.15) is 11.1 Å². The lowest BCUT2D eigenvalue weighted by Crippen LogP contribution is -2.65. The smallest absolute Gasteiger partial charge is 0.321 e. The maximum Gasteiger partial charge on any atom is 0.321 e. The number of piperidine rings is 2. The molecule has 0 aromatic heterocycles. The molecule has 3 aromatic carbocycles. The normalized spacial score (nSPS) is 23.7. The molecular weight excluding hydrogens is 481 g/mol. The van der Waals surface area contributed by atoms with Gasteiger partial charge in [0.2, 0.25) is 0 Å². The Morgan fingerprint density at radius 3 is 2.16 bits per heavy atom. The molecule has 0 aliphatic carbocycles. The number of likely N-dealkylation sites (tertiary alicyclic amines) is 2. The number of benzene rings is 3. The Kier molecular flexibility index (Phi) is 6.70. The lowest BCUT2D eigenvalue weighted by atomic mass is 9.66. The molecule has 0 spiro atoms. The Labute approximate surface area is 213 Å². The predicted molar refractivity (Wildman–Crippen MR) is 135 cm³/mol. The van der Waals surface area contributed by atoms with Crippen molar-refractivity contribution >= 4 is 11.7 Å². The first kappa shape index (κ1) is 25.3. The fourth-order valence-corrected chi connectivity index (χ4v) is 5.74. The van der Waals surface area contributed by atoms with Crippen molar-refractivity contribution in [3.05, 3.63) is 89.2 Å². The van der Waals surface area contributed by atoms with Gasteiger partial charge in [0.25, 0.3) is 0 Å². The van der Waals surface area contributed by atoms with E-state index in [2.05, 4.69) is 10.2 Å². The van der Waals surface area contributed by atoms with Gasteiger partial charge >= 0.3 is 6.03 Å². The molecule has 0 saturated carbocycles. The molecule has 2 aliphatic heterocycles. The van der Waals surface area contributed by atoms with Gasteiger partial charge in [-0.05, 0) is 41.9 Å². The summed E-state index contributed by atoms with van der Waals surface area (Å²) >= 11 is 0. The van der Waals surface area contributed by atoms with E-state index >= 15 is 0 Å². The number of amides is 2. The van der Waals surface area contributed by atoms with Gasteiger partial charge in [0.15, 0.2) is 0 Å². The minimum Gasteiger partial charge on any atom is -0.384 e. The molecular formula is C28H29F3N4O2. The number of aliphatic hydroxyl groups is 1. The third-order valence-electron chi connectivity index (χ3n) is 7.52. The summed E-state index contributed by atoms with van der Waals surface area (Å²) < 4.78 is 41.7. The molecule has 2 amide bonds. The SMILES string of the molecule is CN1C[C@@H]2CN(C(=O)Nc3cc(F)cc(F)c3)C[C@H](C1)C2(O)c1ccc(-c2ccc(CN)cc2F)cc1. The van der Waals surface area contributed by atoms with Crippen molar-refractivity contribution in [2.75, 3.05) is 38.5 Å². The van der Waals surface area contributed by atoms with Crippen molar-refractivity contribution in [3.63, 3.8) is 0 Å². The zero-order valence-corrected chi connectivity index (χ0v) is 20.4. The predicted octanol–water partition coefficient (Wildman–Crippen LogP) is 4.14. The maximum absolute atomic E-state index is 14.6. The van der Waals surface area contributed by atoms with Gasteiger partial charge in [-0.3, -0.25) is 0 Å². The monoisotopic (exact) mass is 510 g/mol. The highest BCUT2D eigenvalue weighted by Crippen LogP contribution is 2.45. The molecule has 3 aromatic rings. The molecule has 194 valence electrons. The van der Waals surface area contributed by atoms with Gasteiger partial charge in [-0.1, -0.05) is 36.4 Å². The minimum absolute atomic E-state index is 0.0351. The highest BCUT2D eigenvalue weighted by molar-refractivity contribution is 5.89. The summed E-state index contributed by atoms with van der Waals surface area (Å²) in [4.78, 5) is 16.7. The summed E-state index contributed by atoms with van der Waals surface area (Å²) in [6, 6.07) is 14.5. The molecule has 9 heteroatoms. The van der Waals surface area contributed by atoms with Crippen LogP contribution in [0.4, 0.5) is 23.7 Å². The zero-order chi connectivity index (χ0) is 26.3. The van der Waals surface area contributed by atoms with E-state index in [0.717, 1.165) is 18.2 Å². The number of carbonyl (C=O) groups excluding carboxylic acids is 1. The van der Waals surface area contributed by atoms with Crippen LogP contribution in [0.15, 0.2) is 60.7 Å². The highest BCUT2D eigenvalue weighted by Gasteiger charge is 2.53. The molecule has 2 bridgehead atoms. The van der Waals surface area contributed by atoms with Crippen molar-refractivity contribution in [2.45, 2.75) is 12.1 Å². The summed E-state index contributed by atoms with van der Waals surface area (Å²) in [7, 11) is 1.97. The van der Waals surface area contributed by atoms with Crippen LogP contribution in [0.3, 0.4) is 0 Å². The fraction of sp³-hybridized carbons (Fsp3) is 0.321. The van der Waals surface area contributed by atoms with Crippen LogP contribution in [-0.4, -0.2) is 54.2 Å². The largest absolute Gasteiger partial charge is 0.384 e. The van der Waals surface area contributed by atoms with E-state index in [1.807, 2.05) is 19.2 Å². The van der Waals surface area contributed by atoms with E-state index in [-0.39, 0.29) is 43.0 Å². The first-order valence-corrected chi connectivity index (χ1v) is 12.2. The lowest BCUT2D eigenvalue weighted by molar-refractivity contribution is -0.153. The number of rotatable bonds is 4. The molecule has 4 N–H and O–H groups in total. The van der Waals surface area contributed by atoms with Crippen molar-refractivity contribution in [1.29, 1.82) is 0 Å². The number of anilines is 1. The summed E-state index contributed by atoms with van der Waals surface area (Å²) in [5.74, 6) is -2.51. The Bertz CT molecular complexity index is 1280. The van der Waals surface area contributed by atoms with Crippen molar-refractivity contribution in [3.8, 4) is 11.1 Å². The van der Waals surface area contributed by atoms with E-state index < -0.39 is 23.3 Å². The number of nitrogens with zero attached hydrogens (tertiary/aromatic N) is 2. The molecule has 0 radical (unpaired) electrons. The Morgan fingerprint density at radius 1 is 0.973 bits per heavy atom. The second-order valence-electron chi connectivity index (χ2n) is 10.0. The summed E-state index contributed by atoms with van der Waals surface area (Å²) in [6.45, 7) is 1.90. The molecule has 3 atom stereocenters. The molecule has 5 rings (SSSR count). The van der Waals surface area contributed by atoms with E-state index in [0.29, 0.717) is 35.3 Å². The number of hydrogen-bond acceptors (Lipinski definition) is 4. The molecule has 6 nitrogen and oxygen atoms in total. The van der Waals surface area contributed by atoms with Crippen molar-refractivity contribution < 1.29 is 23.1 Å². The number of nitrogens with one attached hydrogen (secondary N) is 1. The van der Waals surface area contributed by atoms with Gasteiger partial charge in [0, 0.05) is 61.9 Å². The third-order valence-corrected chi connectivity index (χ3v) is 7.52. The van der Waals surface area contributed by atoms with Crippen molar-refractivity contribution in [1.82, 2.24) is 9.80 Å². The van der Waals surface area contributed by atoms with Gasteiger partial charge in [-0.2, -0.15) is 0 Å². The Morgan fingerprint density at radius 2 is 1.59 bits per heavy atom. The van der Waals surface area contributed by atoms with Crippen LogP contribution < -0.4 is 11.1 Å². The van der Waals surface area contributed by atoms with Crippen molar-refractivity contribution in [2.24, 2.45) is 17.6 Å². The average Bonchev–Trinajstić information content (AvgIpc) is 2.84. The highest BCUT2D eigenvalue weighted by atomic mass is 19.1. The molecule has 2 aliphatic rings. The molecule has 2 saturated heterocycles. The zero-order valence-electron chi connectivity index (χ0n) is 20.4. The second kappa shape index (κ2) is 9.81. The van der Waals surface area contributed by atoms with Crippen LogP contribution in [0, 0.1) is 29.3 Å². The fourth-order valence-electron chi connectivity index (χ4n) is 5.74. The van der Waals surface area contributed by atoms with Gasteiger partial charge in [-0.15, -0.1) is 0 Å². The van der Waals surface area contributed by atoms with E-state index in [9.17, 15) is 23.1 Å². The first-order valence-electron chi connectivity index (χ1n) is 12.2. The van der Waals surface area contributed by atoms with E-state index in [4.69, 9.17) is 5.73 Å². The van der Waals surface area contributed by atoms with E-state index in [1.54, 1.807) is 29.2 Å². The number of nitrogens with two attached hydrogens (primary N) is 1. The number of fused-ring (bicyclic) bond motifs is 2. The van der Waals surface area contributed by atoms with Crippen LogP contribution in [0.25, 0.3) is 11.1 Å². The lowest BCUT2D eigenvalue weighted by Gasteiger charge is -2.55. The topological polar surface area (TPSA) is 81.8 Å². The van der Waals surface area contributed by atoms with E-state index in [1.165, 1.54) is 6.07 Å². The third kappa shape index (κ3) is 4.82. The van der Waals surface area contributed by atoms with Gasteiger partial charge in [0.1, 0.15) is 23.1 Å². The van der Waals surface area contributed by atoms with Crippen LogP contribution in [-0.2, 0) is 12.1 Å². The molecule has 1 unspecified atom stereocenters. The summed E-state index contributed by atoms with van der Waals surface area (Å²) in [5, 5.41) is 14.6. The van der Waals surface area contributed by atoms with Crippen LogP contribution >= 0.6 is 0 Å². The van der Waals surface area contributed by atoms with Crippen LogP contribution in [0.5, 0.6) is 0 Å². The van der Waals surface area contributed by atoms with Crippen LogP contribution in [0.2, 0.25) is 0 Å². The molecule has 37 heavy (non-hydrogen) atoms. The quantitative estimate of drug-likeness (QED) is 0.493. The summed E-state index contributed by atoms with van der Waals surface area (Å²) in [5.41, 5.74) is 7.02. The Balaban J connectivity index is 1.37. The first-order chi connectivity index (χ1) is 17.7. The maximum atomic E-state index is 14.6. The summed E-state index contributed by atoms with van der Waals surface area (Å²) in [6.07, 6.45) is 0. The second-order valence-corrected chi connectivity index (χ2v) is 10.0. The molecule has 2 fully saturated rings. The average molecular weight is 511 g/mol. The van der Waals surface area contributed by atoms with Gasteiger partial charge in [0.05, 0.1) is 0 Å². The number of urea groups is 1. The standard InChI is InChI=1S/C28H29F3N4O2/c1-34-13-20-15-35(27(36)33-24-10-22(29)9-23(30)11-24)16-21(14-34)28(20,37)19-5-3-18(4-6-19)25-7-2-17(12-32)8-26(25)31/h2-11,20-21,37H,12-16,32H2,1H3,(H,33,36)/t20-,21+,28?. The molecule has 2 heterocycles.